The molecule has 30 heavy (non-hydrogen) atoms. The summed E-state index contributed by atoms with van der Waals surface area (Å²) < 4.78 is 97.6. The van der Waals surface area contributed by atoms with Crippen molar-refractivity contribution in [3.05, 3.63) is 24.3 Å². The highest BCUT2D eigenvalue weighted by Gasteiger charge is 2.24. The van der Waals surface area contributed by atoms with Crippen LogP contribution in [-0.4, -0.2) is 50.5 Å². The fourth-order valence-corrected chi connectivity index (χ4v) is 4.26. The standard InChI is InChI=1S/C13H11N5O9S3/c14-5-10(13(15)16)18-17-9-4-8-6(2-12(9)30(25,26)27)1-7(28(19,20)21)3-11(8)29(22,23)24/h1-4,17H,(H3,15,16)(H,19,20,21)(H,22,23,24)(H,25,26,27)/b18-10+. The number of fused-ring (bicyclic) bond motifs is 1. The van der Waals surface area contributed by atoms with E-state index in [0.29, 0.717) is 18.2 Å². The number of nitriles is 1. The van der Waals surface area contributed by atoms with Gasteiger partial charge in [-0.2, -0.15) is 35.6 Å². The van der Waals surface area contributed by atoms with Gasteiger partial charge in [0.2, 0.25) is 5.71 Å². The van der Waals surface area contributed by atoms with Crippen LogP contribution in [0, 0.1) is 16.7 Å². The molecule has 0 aliphatic rings. The van der Waals surface area contributed by atoms with Crippen molar-refractivity contribution in [1.82, 2.24) is 0 Å². The molecule has 0 heterocycles. The summed E-state index contributed by atoms with van der Waals surface area (Å²) in [6.07, 6.45) is 0. The molecule has 0 fully saturated rings. The minimum absolute atomic E-state index is 0.420. The van der Waals surface area contributed by atoms with E-state index in [-0.39, 0.29) is 0 Å². The number of amidine groups is 1. The van der Waals surface area contributed by atoms with Crippen molar-refractivity contribution in [3.8, 4) is 6.07 Å². The van der Waals surface area contributed by atoms with Gasteiger partial charge in [0, 0.05) is 5.39 Å². The number of anilines is 1. The lowest BCUT2D eigenvalue weighted by atomic mass is 10.1. The van der Waals surface area contributed by atoms with Crippen molar-refractivity contribution in [3.63, 3.8) is 0 Å². The average Bonchev–Trinajstić information content (AvgIpc) is 2.57. The van der Waals surface area contributed by atoms with Crippen molar-refractivity contribution in [2.24, 2.45) is 10.8 Å². The van der Waals surface area contributed by atoms with Gasteiger partial charge in [-0.1, -0.05) is 0 Å². The number of rotatable bonds is 6. The van der Waals surface area contributed by atoms with Crippen LogP contribution >= 0.6 is 0 Å². The lowest BCUT2D eigenvalue weighted by Crippen LogP contribution is -2.22. The molecule has 17 heteroatoms. The zero-order chi connectivity index (χ0) is 23.1. The molecular weight excluding hydrogens is 466 g/mol. The predicted molar refractivity (Wildman–Crippen MR) is 102 cm³/mol. The Hall–Kier alpha value is -3.14. The molecule has 0 saturated carbocycles. The Balaban J connectivity index is 2.99. The number of nitrogens with one attached hydrogen (secondary N) is 2. The van der Waals surface area contributed by atoms with Gasteiger partial charge in [-0.15, -0.1) is 0 Å². The molecule has 160 valence electrons. The van der Waals surface area contributed by atoms with Gasteiger partial charge in [0.25, 0.3) is 30.4 Å². The first kappa shape index (κ1) is 23.1. The third-order valence-corrected chi connectivity index (χ3v) is 6.11. The molecule has 0 unspecified atom stereocenters. The van der Waals surface area contributed by atoms with Gasteiger partial charge in [-0.3, -0.25) is 24.5 Å². The second-order valence-electron chi connectivity index (χ2n) is 5.51. The Morgan fingerprint density at radius 1 is 0.967 bits per heavy atom. The highest BCUT2D eigenvalue weighted by molar-refractivity contribution is 7.87. The Kier molecular flexibility index (Phi) is 5.86. The van der Waals surface area contributed by atoms with Crippen LogP contribution in [0.15, 0.2) is 44.1 Å². The smallest absolute Gasteiger partial charge is 0.296 e. The van der Waals surface area contributed by atoms with Gasteiger partial charge in [-0.05, 0) is 29.7 Å². The lowest BCUT2D eigenvalue weighted by molar-refractivity contribution is 0.480. The molecule has 0 aliphatic heterocycles. The van der Waals surface area contributed by atoms with Crippen LogP contribution < -0.4 is 11.2 Å². The van der Waals surface area contributed by atoms with E-state index in [1.807, 2.05) is 5.43 Å². The molecule has 0 aliphatic carbocycles. The average molecular weight is 477 g/mol. The second kappa shape index (κ2) is 7.60. The van der Waals surface area contributed by atoms with Crippen LogP contribution in [0.1, 0.15) is 0 Å². The van der Waals surface area contributed by atoms with E-state index < -0.39 is 73.0 Å². The fourth-order valence-electron chi connectivity index (χ4n) is 2.25. The molecule has 0 amide bonds. The molecular formula is C13H11N5O9S3. The van der Waals surface area contributed by atoms with Gasteiger partial charge in [0.1, 0.15) is 15.9 Å². The van der Waals surface area contributed by atoms with E-state index in [1.165, 1.54) is 6.07 Å². The zero-order valence-corrected chi connectivity index (χ0v) is 16.7. The van der Waals surface area contributed by atoms with Crippen LogP contribution in [0.4, 0.5) is 5.69 Å². The second-order valence-corrected chi connectivity index (χ2v) is 9.72. The maximum Gasteiger partial charge on any atom is 0.296 e. The van der Waals surface area contributed by atoms with Crippen LogP contribution in [-0.2, 0) is 30.4 Å². The van der Waals surface area contributed by atoms with E-state index in [0.717, 1.165) is 6.07 Å². The number of nitrogens with two attached hydrogens (primary N) is 1. The molecule has 0 atom stereocenters. The number of benzene rings is 2. The highest BCUT2D eigenvalue weighted by atomic mass is 32.2. The van der Waals surface area contributed by atoms with Gasteiger partial charge in [-0.25, -0.2) is 0 Å². The number of nitrogens with zero attached hydrogens (tertiary/aromatic N) is 2. The number of hydrazone groups is 1. The molecule has 14 nitrogen and oxygen atoms in total. The molecule has 7 N–H and O–H groups in total. The summed E-state index contributed by atoms with van der Waals surface area (Å²) in [5, 5.41) is 18.5. The largest absolute Gasteiger partial charge is 0.382 e. The van der Waals surface area contributed by atoms with Crippen LogP contribution in [0.5, 0.6) is 0 Å². The number of hydrogen-bond acceptors (Lipinski definition) is 10. The topological polar surface area (TPSA) is 261 Å². The Bertz CT molecular complexity index is 1470. The van der Waals surface area contributed by atoms with Gasteiger partial charge < -0.3 is 5.73 Å². The summed E-state index contributed by atoms with van der Waals surface area (Å²) in [5.41, 5.74) is 5.83. The molecule has 0 spiro atoms. The van der Waals surface area contributed by atoms with E-state index in [9.17, 15) is 38.9 Å². The zero-order valence-electron chi connectivity index (χ0n) is 14.3. The van der Waals surface area contributed by atoms with Crippen LogP contribution in [0.25, 0.3) is 10.8 Å². The van der Waals surface area contributed by atoms with Gasteiger partial charge in [0.05, 0.1) is 10.6 Å². The van der Waals surface area contributed by atoms with Crippen molar-refractivity contribution >= 4 is 58.4 Å². The SMILES string of the molecule is N#C/C(=N\Nc1cc2c(S(=O)(=O)O)cc(S(=O)(=O)O)cc2cc1S(=O)(=O)O)C(=N)N. The monoisotopic (exact) mass is 477 g/mol. The third kappa shape index (κ3) is 4.88. The van der Waals surface area contributed by atoms with E-state index in [2.05, 4.69) is 5.10 Å². The number of hydrogen-bond donors (Lipinski definition) is 6. The summed E-state index contributed by atoms with van der Waals surface area (Å²) in [7, 11) is -15.1. The van der Waals surface area contributed by atoms with Crippen molar-refractivity contribution in [2.45, 2.75) is 14.7 Å². The van der Waals surface area contributed by atoms with Gasteiger partial charge >= 0.3 is 0 Å². The summed E-state index contributed by atoms with van der Waals surface area (Å²) in [6.45, 7) is 0. The molecule has 2 aromatic rings. The molecule has 0 saturated heterocycles. The third-order valence-electron chi connectivity index (χ3n) is 3.49. The lowest BCUT2D eigenvalue weighted by Gasteiger charge is -2.12. The highest BCUT2D eigenvalue weighted by Crippen LogP contribution is 2.33. The maximum absolute atomic E-state index is 11.7. The summed E-state index contributed by atoms with van der Waals surface area (Å²) >= 11 is 0. The molecule has 0 bridgehead atoms. The first-order valence-corrected chi connectivity index (χ1v) is 11.5. The van der Waals surface area contributed by atoms with Crippen molar-refractivity contribution < 1.29 is 38.9 Å². The molecule has 0 aromatic heterocycles. The minimum Gasteiger partial charge on any atom is -0.382 e. The van der Waals surface area contributed by atoms with Crippen molar-refractivity contribution in [1.29, 1.82) is 10.7 Å². The summed E-state index contributed by atoms with van der Waals surface area (Å²) in [5.74, 6) is -0.796. The fraction of sp³-hybridized carbons (Fsp3) is 0. The van der Waals surface area contributed by atoms with Gasteiger partial charge in [0.15, 0.2) is 5.84 Å². The van der Waals surface area contributed by atoms with Crippen molar-refractivity contribution in [2.75, 3.05) is 5.43 Å². The predicted octanol–water partition coefficient (Wildman–Crippen LogP) is -0.193. The Labute approximate surface area is 169 Å². The van der Waals surface area contributed by atoms with E-state index in [4.69, 9.17) is 16.4 Å². The normalized spacial score (nSPS) is 13.1. The first-order valence-electron chi connectivity index (χ1n) is 7.18. The molecule has 0 radical (unpaired) electrons. The summed E-state index contributed by atoms with van der Waals surface area (Å²) in [6, 6.07) is 3.92. The molecule has 2 rings (SSSR count). The quantitative estimate of drug-likeness (QED) is 0.137. The molecule has 2 aromatic carbocycles. The van der Waals surface area contributed by atoms with E-state index >= 15 is 0 Å². The first-order chi connectivity index (χ1) is 13.6. The summed E-state index contributed by atoms with van der Waals surface area (Å²) in [4.78, 5) is -2.94. The van der Waals surface area contributed by atoms with Crippen LogP contribution in [0.3, 0.4) is 0 Å². The maximum atomic E-state index is 11.7. The van der Waals surface area contributed by atoms with Crippen LogP contribution in [0.2, 0.25) is 0 Å². The Morgan fingerprint density at radius 3 is 1.97 bits per heavy atom. The Morgan fingerprint density at radius 2 is 1.53 bits per heavy atom. The van der Waals surface area contributed by atoms with E-state index in [1.54, 1.807) is 0 Å². The minimum atomic E-state index is -5.08.